The number of anilines is 1. The molecule has 0 atom stereocenters. The molecule has 1 fully saturated rings. The lowest BCUT2D eigenvalue weighted by Gasteiger charge is -2.25. The smallest absolute Gasteiger partial charge is 0.0366 e. The first kappa shape index (κ1) is 18.4. The average molecular weight is 356 g/mol. The number of thioether (sulfide) groups is 3. The highest BCUT2D eigenvalue weighted by molar-refractivity contribution is 8.00. The first-order valence-corrected chi connectivity index (χ1v) is 12.0. The fourth-order valence-corrected chi connectivity index (χ4v) is 5.59. The summed E-state index contributed by atoms with van der Waals surface area (Å²) < 4.78 is 0. The summed E-state index contributed by atoms with van der Waals surface area (Å²) in [4.78, 5) is 2.59. The number of hydrogen-bond acceptors (Lipinski definition) is 4. The Kier molecular flexibility index (Phi) is 10.4. The molecule has 1 saturated heterocycles. The number of para-hydroxylation sites is 1. The molecule has 1 aliphatic rings. The van der Waals surface area contributed by atoms with E-state index in [-0.39, 0.29) is 0 Å². The van der Waals surface area contributed by atoms with E-state index in [0.29, 0.717) is 0 Å². The maximum Gasteiger partial charge on any atom is 0.0366 e. The van der Waals surface area contributed by atoms with Crippen LogP contribution in [0.15, 0.2) is 30.3 Å². The van der Waals surface area contributed by atoms with Crippen molar-refractivity contribution in [3.8, 4) is 0 Å². The second kappa shape index (κ2) is 12.5. The summed E-state index contributed by atoms with van der Waals surface area (Å²) in [5.74, 6) is 8.01. The van der Waals surface area contributed by atoms with Crippen molar-refractivity contribution in [3.05, 3.63) is 30.3 Å². The van der Waals surface area contributed by atoms with Crippen LogP contribution in [0.4, 0.5) is 5.69 Å². The minimum absolute atomic E-state index is 1.20. The molecule has 1 aliphatic heterocycles. The Bertz CT molecular complexity index is 356. The van der Waals surface area contributed by atoms with Crippen LogP contribution in [0.2, 0.25) is 0 Å². The van der Waals surface area contributed by atoms with E-state index in [1.54, 1.807) is 0 Å². The summed E-state index contributed by atoms with van der Waals surface area (Å²) in [7, 11) is 0. The van der Waals surface area contributed by atoms with Gasteiger partial charge >= 0.3 is 0 Å². The van der Waals surface area contributed by atoms with Crippen molar-refractivity contribution >= 4 is 41.0 Å². The highest BCUT2D eigenvalue weighted by atomic mass is 32.2. The molecule has 1 aromatic carbocycles. The lowest BCUT2D eigenvalue weighted by Crippen LogP contribution is -2.26. The van der Waals surface area contributed by atoms with E-state index in [4.69, 9.17) is 0 Å². The number of nitrogens with zero attached hydrogens (tertiary/aromatic N) is 1. The van der Waals surface area contributed by atoms with Crippen molar-refractivity contribution in [2.45, 2.75) is 25.7 Å². The van der Waals surface area contributed by atoms with Gasteiger partial charge in [-0.25, -0.2) is 0 Å². The van der Waals surface area contributed by atoms with Crippen LogP contribution in [-0.4, -0.2) is 47.6 Å². The van der Waals surface area contributed by atoms with Crippen LogP contribution in [0, 0.1) is 0 Å². The molecule has 1 heterocycles. The van der Waals surface area contributed by atoms with Crippen LogP contribution in [-0.2, 0) is 0 Å². The SMILES string of the molecule is c1ccc(N2CCCSCCCSCCCSCCC2)cc1. The zero-order chi connectivity index (χ0) is 15.3. The second-order valence-electron chi connectivity index (χ2n) is 5.57. The van der Waals surface area contributed by atoms with E-state index >= 15 is 0 Å². The molecule has 4 heteroatoms. The molecular weight excluding hydrogens is 326 g/mol. The number of rotatable bonds is 1. The molecule has 0 spiro atoms. The standard InChI is InChI=1S/C18H29NS3/c1-2-8-18(9-3-1)19-10-4-12-20-14-6-16-22-17-7-15-21-13-5-11-19/h1-3,8-9H,4-7,10-17H2. The van der Waals surface area contributed by atoms with Crippen molar-refractivity contribution in [3.63, 3.8) is 0 Å². The van der Waals surface area contributed by atoms with Crippen molar-refractivity contribution in [2.24, 2.45) is 0 Å². The third kappa shape index (κ3) is 8.07. The molecule has 0 aliphatic carbocycles. The predicted molar refractivity (Wildman–Crippen MR) is 109 cm³/mol. The average Bonchev–Trinajstić information content (AvgIpc) is 2.56. The Balaban J connectivity index is 1.80. The van der Waals surface area contributed by atoms with E-state index in [9.17, 15) is 0 Å². The van der Waals surface area contributed by atoms with Gasteiger partial charge in [-0.1, -0.05) is 18.2 Å². The minimum atomic E-state index is 1.20. The predicted octanol–water partition coefficient (Wildman–Crippen LogP) is 5.27. The Morgan fingerprint density at radius 2 is 1.05 bits per heavy atom. The lowest BCUT2D eigenvalue weighted by molar-refractivity contribution is 0.751. The topological polar surface area (TPSA) is 3.24 Å². The van der Waals surface area contributed by atoms with Crippen molar-refractivity contribution in [1.29, 1.82) is 0 Å². The summed E-state index contributed by atoms with van der Waals surface area (Å²) in [6, 6.07) is 11.0. The molecular formula is C18H29NS3. The Hall–Kier alpha value is 0.0700. The first-order chi connectivity index (χ1) is 11.0. The first-order valence-electron chi connectivity index (χ1n) is 8.50. The highest BCUT2D eigenvalue weighted by Gasteiger charge is 2.06. The molecule has 1 aromatic rings. The maximum absolute atomic E-state index is 2.59. The maximum atomic E-state index is 2.59. The van der Waals surface area contributed by atoms with E-state index in [0.717, 1.165) is 0 Å². The van der Waals surface area contributed by atoms with Gasteiger partial charge in [0.15, 0.2) is 0 Å². The fourth-order valence-electron chi connectivity index (χ4n) is 2.56. The molecule has 0 saturated carbocycles. The van der Waals surface area contributed by atoms with Crippen LogP contribution in [0.5, 0.6) is 0 Å². The summed E-state index contributed by atoms with van der Waals surface area (Å²) in [6.45, 7) is 2.41. The third-order valence-electron chi connectivity index (χ3n) is 3.71. The molecule has 0 aromatic heterocycles. The van der Waals surface area contributed by atoms with Crippen molar-refractivity contribution in [1.82, 2.24) is 0 Å². The zero-order valence-electron chi connectivity index (χ0n) is 13.5. The molecule has 0 radical (unpaired) electrons. The Morgan fingerprint density at radius 3 is 1.55 bits per heavy atom. The molecule has 0 amide bonds. The zero-order valence-corrected chi connectivity index (χ0v) is 16.0. The van der Waals surface area contributed by atoms with Crippen molar-refractivity contribution in [2.75, 3.05) is 52.5 Å². The Labute approximate surface area is 149 Å². The fraction of sp³-hybridized carbons (Fsp3) is 0.667. The van der Waals surface area contributed by atoms with Crippen LogP contribution < -0.4 is 4.90 Å². The molecule has 0 unspecified atom stereocenters. The summed E-state index contributed by atoms with van der Waals surface area (Å²) in [5.41, 5.74) is 1.40. The minimum Gasteiger partial charge on any atom is -0.371 e. The largest absolute Gasteiger partial charge is 0.371 e. The highest BCUT2D eigenvalue weighted by Crippen LogP contribution is 2.18. The van der Waals surface area contributed by atoms with E-state index in [1.165, 1.54) is 79.0 Å². The van der Waals surface area contributed by atoms with Gasteiger partial charge in [0.1, 0.15) is 0 Å². The quantitative estimate of drug-likeness (QED) is 0.675. The Morgan fingerprint density at radius 1 is 0.591 bits per heavy atom. The number of hydrogen-bond donors (Lipinski definition) is 0. The summed E-state index contributed by atoms with van der Waals surface area (Å²) in [5, 5.41) is 0. The molecule has 2 rings (SSSR count). The van der Waals surface area contributed by atoms with Gasteiger partial charge in [0, 0.05) is 18.8 Å². The van der Waals surface area contributed by atoms with Gasteiger partial charge in [-0.05, 0) is 72.3 Å². The monoisotopic (exact) mass is 355 g/mol. The molecule has 0 N–H and O–H groups in total. The van der Waals surface area contributed by atoms with Gasteiger partial charge in [-0.3, -0.25) is 0 Å². The molecule has 0 bridgehead atoms. The summed E-state index contributed by atoms with van der Waals surface area (Å²) in [6.07, 6.45) is 5.37. The normalized spacial score (nSPS) is 20.6. The third-order valence-corrected chi connectivity index (χ3v) is 7.17. The van der Waals surface area contributed by atoms with Crippen molar-refractivity contribution < 1.29 is 0 Å². The van der Waals surface area contributed by atoms with E-state index in [2.05, 4.69) is 70.5 Å². The van der Waals surface area contributed by atoms with Gasteiger partial charge < -0.3 is 4.90 Å². The molecule has 1 nitrogen and oxygen atoms in total. The number of benzene rings is 1. The van der Waals surface area contributed by atoms with E-state index in [1.807, 2.05) is 0 Å². The van der Waals surface area contributed by atoms with Gasteiger partial charge in [-0.2, -0.15) is 35.3 Å². The van der Waals surface area contributed by atoms with Gasteiger partial charge in [0.05, 0.1) is 0 Å². The van der Waals surface area contributed by atoms with Crippen LogP contribution >= 0.6 is 35.3 Å². The molecule has 22 heavy (non-hydrogen) atoms. The van der Waals surface area contributed by atoms with Gasteiger partial charge in [0.2, 0.25) is 0 Å². The lowest BCUT2D eigenvalue weighted by atomic mass is 10.2. The van der Waals surface area contributed by atoms with Crippen LogP contribution in [0.25, 0.3) is 0 Å². The van der Waals surface area contributed by atoms with Crippen LogP contribution in [0.3, 0.4) is 0 Å². The van der Waals surface area contributed by atoms with E-state index < -0.39 is 0 Å². The van der Waals surface area contributed by atoms with Crippen LogP contribution in [0.1, 0.15) is 25.7 Å². The van der Waals surface area contributed by atoms with Gasteiger partial charge in [0.25, 0.3) is 0 Å². The second-order valence-corrected chi connectivity index (χ2v) is 9.25. The summed E-state index contributed by atoms with van der Waals surface area (Å²) >= 11 is 6.44. The van der Waals surface area contributed by atoms with Gasteiger partial charge in [-0.15, -0.1) is 0 Å². The molecule has 124 valence electrons.